The number of hydrogen-bond donors (Lipinski definition) is 2. The standard InChI is InChI=1S/C24H25ClN8O/c1-31(2)23(34)20-13-19-15-28-24(30-33(19)22(20)16-3-5-17(25)6-4-16)29-21-8-7-18(14-27-21)32-11-9-26-10-12-32/h3-8,13-15,26H,9-12H2,1-2H3,(H,27,29,30). The van der Waals surface area contributed by atoms with E-state index in [1.807, 2.05) is 30.5 Å². The zero-order valence-electron chi connectivity index (χ0n) is 19.0. The summed E-state index contributed by atoms with van der Waals surface area (Å²) in [6.45, 7) is 3.87. The predicted molar refractivity (Wildman–Crippen MR) is 134 cm³/mol. The maximum Gasteiger partial charge on any atom is 0.255 e. The number of amides is 1. The topological polar surface area (TPSA) is 90.7 Å². The number of nitrogens with zero attached hydrogens (tertiary/aromatic N) is 6. The third kappa shape index (κ3) is 4.40. The van der Waals surface area contributed by atoms with Gasteiger partial charge in [0.1, 0.15) is 5.82 Å². The second kappa shape index (κ2) is 9.28. The van der Waals surface area contributed by atoms with Crippen molar-refractivity contribution in [3.63, 3.8) is 0 Å². The Balaban J connectivity index is 1.49. The number of halogens is 1. The summed E-state index contributed by atoms with van der Waals surface area (Å²) < 4.78 is 1.73. The van der Waals surface area contributed by atoms with Crippen molar-refractivity contribution in [1.82, 2.24) is 29.8 Å². The molecule has 0 saturated carbocycles. The van der Waals surface area contributed by atoms with E-state index in [-0.39, 0.29) is 5.91 Å². The molecule has 0 radical (unpaired) electrons. The molecule has 0 atom stereocenters. The largest absolute Gasteiger partial charge is 0.368 e. The third-order valence-electron chi connectivity index (χ3n) is 5.74. The highest BCUT2D eigenvalue weighted by Gasteiger charge is 2.21. The highest BCUT2D eigenvalue weighted by molar-refractivity contribution is 6.30. The molecule has 1 amide bonds. The van der Waals surface area contributed by atoms with Crippen LogP contribution in [0.3, 0.4) is 0 Å². The normalized spacial score (nSPS) is 13.8. The Kier molecular flexibility index (Phi) is 6.04. The van der Waals surface area contributed by atoms with Crippen molar-refractivity contribution in [2.45, 2.75) is 0 Å². The zero-order valence-corrected chi connectivity index (χ0v) is 19.8. The molecule has 174 valence electrons. The lowest BCUT2D eigenvalue weighted by Gasteiger charge is -2.29. The number of carbonyl (C=O) groups excluding carboxylic acids is 1. The Labute approximate surface area is 202 Å². The van der Waals surface area contributed by atoms with Crippen LogP contribution in [0.1, 0.15) is 10.4 Å². The molecule has 9 nitrogen and oxygen atoms in total. The summed E-state index contributed by atoms with van der Waals surface area (Å²) in [5.74, 6) is 0.905. The maximum atomic E-state index is 12.9. The summed E-state index contributed by atoms with van der Waals surface area (Å²) in [6.07, 6.45) is 3.55. The van der Waals surface area contributed by atoms with E-state index in [2.05, 4.69) is 30.6 Å². The van der Waals surface area contributed by atoms with Gasteiger partial charge in [-0.3, -0.25) is 4.79 Å². The lowest BCUT2D eigenvalue weighted by molar-refractivity contribution is 0.0828. The van der Waals surface area contributed by atoms with Gasteiger partial charge in [-0.2, -0.15) is 0 Å². The minimum absolute atomic E-state index is 0.116. The van der Waals surface area contributed by atoms with Crippen LogP contribution in [0.5, 0.6) is 0 Å². The van der Waals surface area contributed by atoms with Gasteiger partial charge in [0, 0.05) is 50.9 Å². The molecular formula is C24H25ClN8O. The first-order valence-electron chi connectivity index (χ1n) is 11.0. The summed E-state index contributed by atoms with van der Waals surface area (Å²) in [5, 5.41) is 11.8. The molecule has 1 aliphatic heterocycles. The molecule has 2 N–H and O–H groups in total. The molecule has 3 aromatic heterocycles. The fourth-order valence-electron chi connectivity index (χ4n) is 4.00. The Hall–Kier alpha value is -3.69. The first-order chi connectivity index (χ1) is 16.5. The number of pyridine rings is 1. The molecule has 5 rings (SSSR count). The minimum Gasteiger partial charge on any atom is -0.368 e. The van der Waals surface area contributed by atoms with E-state index in [1.165, 1.54) is 0 Å². The van der Waals surface area contributed by atoms with E-state index in [0.717, 1.165) is 37.4 Å². The van der Waals surface area contributed by atoms with E-state index >= 15 is 0 Å². The Morgan fingerprint density at radius 1 is 1.06 bits per heavy atom. The zero-order chi connectivity index (χ0) is 23.7. The van der Waals surface area contributed by atoms with E-state index < -0.39 is 0 Å². The van der Waals surface area contributed by atoms with Crippen LogP contribution in [-0.4, -0.2) is 70.7 Å². The van der Waals surface area contributed by atoms with Gasteiger partial charge in [-0.1, -0.05) is 23.7 Å². The monoisotopic (exact) mass is 476 g/mol. The SMILES string of the molecule is CN(C)C(=O)c1cc2cnc(Nc3ccc(N4CCNCC4)cn3)nn2c1-c1ccc(Cl)cc1. The molecule has 1 saturated heterocycles. The van der Waals surface area contributed by atoms with E-state index in [9.17, 15) is 4.79 Å². The molecule has 1 fully saturated rings. The lowest BCUT2D eigenvalue weighted by Crippen LogP contribution is -2.43. The van der Waals surface area contributed by atoms with Gasteiger partial charge < -0.3 is 20.4 Å². The number of fused-ring (bicyclic) bond motifs is 1. The number of hydrogen-bond acceptors (Lipinski definition) is 7. The predicted octanol–water partition coefficient (Wildman–Crippen LogP) is 3.30. The van der Waals surface area contributed by atoms with E-state index in [4.69, 9.17) is 11.6 Å². The number of piperazine rings is 1. The smallest absolute Gasteiger partial charge is 0.255 e. The van der Waals surface area contributed by atoms with Crippen LogP contribution in [-0.2, 0) is 0 Å². The summed E-state index contributed by atoms with van der Waals surface area (Å²) in [4.78, 5) is 25.7. The van der Waals surface area contributed by atoms with Crippen LogP contribution in [0.2, 0.25) is 5.02 Å². The fraction of sp³-hybridized carbons (Fsp3) is 0.250. The lowest BCUT2D eigenvalue weighted by atomic mass is 10.1. The summed E-state index contributed by atoms with van der Waals surface area (Å²) in [7, 11) is 3.45. The van der Waals surface area contributed by atoms with Crippen LogP contribution in [0.25, 0.3) is 16.8 Å². The van der Waals surface area contributed by atoms with E-state index in [0.29, 0.717) is 33.6 Å². The Morgan fingerprint density at radius 2 is 1.82 bits per heavy atom. The van der Waals surface area contributed by atoms with Crippen LogP contribution in [0.4, 0.5) is 17.5 Å². The van der Waals surface area contributed by atoms with Crippen molar-refractivity contribution >= 4 is 40.5 Å². The second-order valence-electron chi connectivity index (χ2n) is 8.30. The van der Waals surface area contributed by atoms with Crippen LogP contribution in [0, 0.1) is 0 Å². The highest BCUT2D eigenvalue weighted by Crippen LogP contribution is 2.29. The molecule has 0 bridgehead atoms. The Morgan fingerprint density at radius 3 is 2.50 bits per heavy atom. The first kappa shape index (κ1) is 22.1. The molecule has 0 unspecified atom stereocenters. The van der Waals surface area contributed by atoms with Crippen LogP contribution < -0.4 is 15.5 Å². The molecule has 0 spiro atoms. The quantitative estimate of drug-likeness (QED) is 0.456. The van der Waals surface area contributed by atoms with Gasteiger partial charge in [0.2, 0.25) is 5.95 Å². The van der Waals surface area contributed by atoms with Gasteiger partial charge >= 0.3 is 0 Å². The number of anilines is 3. The van der Waals surface area contributed by atoms with Crippen molar-refractivity contribution in [3.05, 3.63) is 65.4 Å². The molecule has 0 aliphatic carbocycles. The van der Waals surface area contributed by atoms with Crippen molar-refractivity contribution in [2.24, 2.45) is 0 Å². The van der Waals surface area contributed by atoms with Gasteiger partial charge in [0.15, 0.2) is 0 Å². The second-order valence-corrected chi connectivity index (χ2v) is 8.73. The van der Waals surface area contributed by atoms with E-state index in [1.54, 1.807) is 47.9 Å². The van der Waals surface area contributed by atoms with Crippen molar-refractivity contribution < 1.29 is 4.79 Å². The number of aromatic nitrogens is 4. The molecule has 1 aliphatic rings. The van der Waals surface area contributed by atoms with Crippen LogP contribution >= 0.6 is 11.6 Å². The van der Waals surface area contributed by atoms with Gasteiger partial charge in [-0.25, -0.2) is 14.5 Å². The average molecular weight is 477 g/mol. The molecule has 10 heteroatoms. The summed E-state index contributed by atoms with van der Waals surface area (Å²) >= 11 is 6.09. The molecule has 4 aromatic rings. The highest BCUT2D eigenvalue weighted by atomic mass is 35.5. The summed E-state index contributed by atoms with van der Waals surface area (Å²) in [5.41, 5.74) is 3.85. The Bertz CT molecular complexity index is 1310. The number of rotatable bonds is 5. The molecule has 1 aromatic carbocycles. The first-order valence-corrected chi connectivity index (χ1v) is 11.4. The molecule has 34 heavy (non-hydrogen) atoms. The van der Waals surface area contributed by atoms with Gasteiger partial charge in [-0.05, 0) is 30.3 Å². The van der Waals surface area contributed by atoms with Gasteiger partial charge in [-0.15, -0.1) is 5.10 Å². The average Bonchev–Trinajstić information content (AvgIpc) is 3.23. The number of benzene rings is 1. The summed E-state index contributed by atoms with van der Waals surface area (Å²) in [6, 6.07) is 13.1. The third-order valence-corrected chi connectivity index (χ3v) is 5.99. The van der Waals surface area contributed by atoms with Gasteiger partial charge in [0.05, 0.1) is 34.9 Å². The maximum absolute atomic E-state index is 12.9. The van der Waals surface area contributed by atoms with Crippen molar-refractivity contribution in [2.75, 3.05) is 50.5 Å². The fourth-order valence-corrected chi connectivity index (χ4v) is 4.13. The van der Waals surface area contributed by atoms with Crippen molar-refractivity contribution in [1.29, 1.82) is 0 Å². The van der Waals surface area contributed by atoms with Gasteiger partial charge in [0.25, 0.3) is 5.91 Å². The van der Waals surface area contributed by atoms with Crippen molar-refractivity contribution in [3.8, 4) is 11.3 Å². The molecular weight excluding hydrogens is 452 g/mol. The minimum atomic E-state index is -0.116. The number of carbonyl (C=O) groups is 1. The molecule has 4 heterocycles. The number of nitrogens with one attached hydrogen (secondary N) is 2. The van der Waals surface area contributed by atoms with Crippen LogP contribution in [0.15, 0.2) is 54.9 Å².